The molecule has 0 spiro atoms. The molecular formula is C16H25NO3. The number of carbonyl (C=O) groups is 1. The van der Waals surface area contributed by atoms with Crippen LogP contribution in [0.5, 0.6) is 0 Å². The molecule has 0 aliphatic heterocycles. The highest BCUT2D eigenvalue weighted by Crippen LogP contribution is 2.21. The Hall–Kier alpha value is -1.39. The van der Waals surface area contributed by atoms with Crippen LogP contribution in [0.2, 0.25) is 0 Å². The number of aryl methyl sites for hydroxylation is 1. The van der Waals surface area contributed by atoms with E-state index in [1.54, 1.807) is 0 Å². The van der Waals surface area contributed by atoms with Crippen molar-refractivity contribution in [1.82, 2.24) is 5.32 Å². The van der Waals surface area contributed by atoms with Crippen molar-refractivity contribution >= 4 is 5.97 Å². The molecule has 2 atom stereocenters. The molecule has 0 saturated carbocycles. The van der Waals surface area contributed by atoms with E-state index in [-0.39, 0.29) is 18.5 Å². The molecule has 1 aromatic rings. The molecule has 0 amide bonds. The molecule has 1 aromatic carbocycles. The highest BCUT2D eigenvalue weighted by Gasteiger charge is 2.22. The van der Waals surface area contributed by atoms with Gasteiger partial charge < -0.3 is 15.5 Å². The van der Waals surface area contributed by atoms with Crippen LogP contribution in [-0.2, 0) is 11.2 Å². The minimum Gasteiger partial charge on any atom is -0.481 e. The van der Waals surface area contributed by atoms with Crippen LogP contribution in [0.3, 0.4) is 0 Å². The Morgan fingerprint density at radius 3 is 2.30 bits per heavy atom. The van der Waals surface area contributed by atoms with Crippen molar-refractivity contribution in [2.45, 2.75) is 58.2 Å². The van der Waals surface area contributed by atoms with Gasteiger partial charge in [0.15, 0.2) is 0 Å². The smallest absolute Gasteiger partial charge is 0.303 e. The van der Waals surface area contributed by atoms with E-state index in [0.29, 0.717) is 6.42 Å². The van der Waals surface area contributed by atoms with Crippen LogP contribution in [0.1, 0.15) is 50.8 Å². The zero-order chi connectivity index (χ0) is 15.1. The molecule has 0 heterocycles. The lowest BCUT2D eigenvalue weighted by Crippen LogP contribution is -2.39. The summed E-state index contributed by atoms with van der Waals surface area (Å²) >= 11 is 0. The van der Waals surface area contributed by atoms with Crippen molar-refractivity contribution in [2.24, 2.45) is 0 Å². The number of carboxylic acids is 1. The Kier molecular flexibility index (Phi) is 6.68. The van der Waals surface area contributed by atoms with E-state index < -0.39 is 12.1 Å². The summed E-state index contributed by atoms with van der Waals surface area (Å²) < 4.78 is 0. The first-order valence-electron chi connectivity index (χ1n) is 7.18. The lowest BCUT2D eigenvalue weighted by Gasteiger charge is -2.26. The minimum atomic E-state index is -0.839. The molecule has 3 N–H and O–H groups in total. The van der Waals surface area contributed by atoms with E-state index in [4.69, 9.17) is 5.11 Å². The fourth-order valence-corrected chi connectivity index (χ4v) is 2.22. The minimum absolute atomic E-state index is 0.0501. The van der Waals surface area contributed by atoms with E-state index in [9.17, 15) is 9.90 Å². The van der Waals surface area contributed by atoms with E-state index in [1.165, 1.54) is 5.56 Å². The molecule has 0 aliphatic rings. The predicted molar refractivity (Wildman–Crippen MR) is 79.7 cm³/mol. The SMILES string of the molecule is CCc1ccc(C(O)C(CCC(=O)O)NC(C)C)cc1. The lowest BCUT2D eigenvalue weighted by molar-refractivity contribution is -0.137. The number of rotatable bonds is 8. The number of nitrogens with one attached hydrogen (secondary N) is 1. The maximum atomic E-state index is 10.7. The average Bonchev–Trinajstić information content (AvgIpc) is 2.42. The van der Waals surface area contributed by atoms with Gasteiger partial charge in [0, 0.05) is 18.5 Å². The first-order chi connectivity index (χ1) is 9.43. The monoisotopic (exact) mass is 279 g/mol. The van der Waals surface area contributed by atoms with Gasteiger partial charge in [0.1, 0.15) is 0 Å². The molecule has 1 rings (SSSR count). The van der Waals surface area contributed by atoms with Crippen LogP contribution >= 0.6 is 0 Å². The highest BCUT2D eigenvalue weighted by atomic mass is 16.4. The van der Waals surface area contributed by atoms with Gasteiger partial charge in [-0.3, -0.25) is 4.79 Å². The zero-order valence-corrected chi connectivity index (χ0v) is 12.5. The number of aliphatic carboxylic acids is 1. The fraction of sp³-hybridized carbons (Fsp3) is 0.562. The predicted octanol–water partition coefficient (Wildman–Crippen LogP) is 2.51. The van der Waals surface area contributed by atoms with Gasteiger partial charge in [0.2, 0.25) is 0 Å². The van der Waals surface area contributed by atoms with E-state index >= 15 is 0 Å². The molecule has 4 heteroatoms. The Balaban J connectivity index is 2.78. The van der Waals surface area contributed by atoms with Gasteiger partial charge in [-0.15, -0.1) is 0 Å². The van der Waals surface area contributed by atoms with Crippen LogP contribution < -0.4 is 5.32 Å². The van der Waals surface area contributed by atoms with Gasteiger partial charge in [-0.25, -0.2) is 0 Å². The summed E-state index contributed by atoms with van der Waals surface area (Å²) in [6.07, 6.45) is 0.726. The number of hydrogen-bond donors (Lipinski definition) is 3. The maximum Gasteiger partial charge on any atom is 0.303 e. The summed E-state index contributed by atoms with van der Waals surface area (Å²) in [5.41, 5.74) is 2.05. The normalized spacial score (nSPS) is 14.2. The van der Waals surface area contributed by atoms with Crippen LogP contribution in [0.4, 0.5) is 0 Å². The van der Waals surface area contributed by atoms with E-state index in [0.717, 1.165) is 12.0 Å². The Morgan fingerprint density at radius 1 is 1.25 bits per heavy atom. The van der Waals surface area contributed by atoms with Crippen molar-refractivity contribution in [3.05, 3.63) is 35.4 Å². The summed E-state index contributed by atoms with van der Waals surface area (Å²) in [6, 6.07) is 7.78. The van der Waals surface area contributed by atoms with Gasteiger partial charge in [-0.1, -0.05) is 45.0 Å². The molecule has 0 saturated heterocycles. The molecule has 2 unspecified atom stereocenters. The standard InChI is InChI=1S/C16H25NO3/c1-4-12-5-7-13(8-6-12)16(20)14(17-11(2)3)9-10-15(18)19/h5-8,11,14,16-17,20H,4,9-10H2,1-3H3,(H,18,19). The van der Waals surface area contributed by atoms with Crippen molar-refractivity contribution in [1.29, 1.82) is 0 Å². The highest BCUT2D eigenvalue weighted by molar-refractivity contribution is 5.66. The maximum absolute atomic E-state index is 10.7. The number of hydrogen-bond acceptors (Lipinski definition) is 3. The molecule has 0 bridgehead atoms. The first-order valence-corrected chi connectivity index (χ1v) is 7.18. The van der Waals surface area contributed by atoms with Crippen LogP contribution in [0.15, 0.2) is 24.3 Å². The molecule has 0 aromatic heterocycles. The van der Waals surface area contributed by atoms with Gasteiger partial charge in [-0.2, -0.15) is 0 Å². The number of aliphatic hydroxyl groups is 1. The van der Waals surface area contributed by atoms with Gasteiger partial charge in [0.05, 0.1) is 6.10 Å². The Labute approximate surface area is 120 Å². The van der Waals surface area contributed by atoms with Crippen molar-refractivity contribution in [3.63, 3.8) is 0 Å². The third kappa shape index (κ3) is 5.31. The summed E-state index contributed by atoms with van der Waals surface area (Å²) in [5.74, 6) is -0.839. The molecule has 112 valence electrons. The lowest BCUT2D eigenvalue weighted by atomic mass is 9.96. The summed E-state index contributed by atoms with van der Waals surface area (Å²) in [5, 5.41) is 22.5. The van der Waals surface area contributed by atoms with Crippen molar-refractivity contribution < 1.29 is 15.0 Å². The molecule has 0 aliphatic carbocycles. The second-order valence-corrected chi connectivity index (χ2v) is 5.40. The van der Waals surface area contributed by atoms with Gasteiger partial charge in [0.25, 0.3) is 0 Å². The average molecular weight is 279 g/mol. The van der Waals surface area contributed by atoms with Crippen LogP contribution in [0.25, 0.3) is 0 Å². The largest absolute Gasteiger partial charge is 0.481 e. The van der Waals surface area contributed by atoms with Gasteiger partial charge >= 0.3 is 5.97 Å². The summed E-state index contributed by atoms with van der Waals surface area (Å²) in [7, 11) is 0. The van der Waals surface area contributed by atoms with Gasteiger partial charge in [-0.05, 0) is 24.0 Å². The van der Waals surface area contributed by atoms with E-state index in [1.807, 2.05) is 38.1 Å². The number of carboxylic acid groups (broad SMARTS) is 1. The first kappa shape index (κ1) is 16.7. The fourth-order valence-electron chi connectivity index (χ4n) is 2.22. The summed E-state index contributed by atoms with van der Waals surface area (Å²) in [6.45, 7) is 6.06. The van der Waals surface area contributed by atoms with Crippen LogP contribution in [0, 0.1) is 0 Å². The number of aliphatic hydroxyl groups excluding tert-OH is 1. The molecule has 0 fully saturated rings. The second-order valence-electron chi connectivity index (χ2n) is 5.40. The molecule has 0 radical (unpaired) electrons. The van der Waals surface area contributed by atoms with Crippen LogP contribution in [-0.4, -0.2) is 28.3 Å². The Morgan fingerprint density at radius 2 is 1.85 bits per heavy atom. The second kappa shape index (κ2) is 8.02. The quantitative estimate of drug-likeness (QED) is 0.684. The molecule has 20 heavy (non-hydrogen) atoms. The third-order valence-electron chi connectivity index (χ3n) is 3.33. The molecule has 4 nitrogen and oxygen atoms in total. The third-order valence-corrected chi connectivity index (χ3v) is 3.33. The Bertz CT molecular complexity index is 414. The molecular weight excluding hydrogens is 254 g/mol. The van der Waals surface area contributed by atoms with E-state index in [2.05, 4.69) is 12.2 Å². The number of benzene rings is 1. The summed E-state index contributed by atoms with van der Waals surface area (Å²) in [4.78, 5) is 10.7. The van der Waals surface area contributed by atoms with Crippen molar-refractivity contribution in [2.75, 3.05) is 0 Å². The zero-order valence-electron chi connectivity index (χ0n) is 12.5. The van der Waals surface area contributed by atoms with Crippen molar-refractivity contribution in [3.8, 4) is 0 Å². The topological polar surface area (TPSA) is 69.6 Å².